The largest absolute Gasteiger partial charge is 0.456 e. The van der Waals surface area contributed by atoms with Crippen molar-refractivity contribution >= 4 is 22.6 Å². The summed E-state index contributed by atoms with van der Waals surface area (Å²) in [6.45, 7) is 0. The second-order valence-corrected chi connectivity index (χ2v) is 6.16. The van der Waals surface area contributed by atoms with Crippen molar-refractivity contribution in [2.24, 2.45) is 0 Å². The molecule has 0 bridgehead atoms. The first-order valence-corrected chi connectivity index (χ1v) is 8.26. The van der Waals surface area contributed by atoms with Crippen LogP contribution in [0.1, 0.15) is 28.4 Å². The van der Waals surface area contributed by atoms with Gasteiger partial charge in [-0.05, 0) is 34.5 Å². The average Bonchev–Trinajstić information content (AvgIpc) is 3.02. The van der Waals surface area contributed by atoms with E-state index < -0.39 is 6.04 Å². The molecule has 0 spiro atoms. The highest BCUT2D eigenvalue weighted by atomic mass is 16.6. The molecule has 1 N–H and O–H groups in total. The van der Waals surface area contributed by atoms with Crippen molar-refractivity contribution in [2.75, 3.05) is 0 Å². The summed E-state index contributed by atoms with van der Waals surface area (Å²) in [6, 6.07) is 22.3. The standard InChI is InChI=1S/C21H17NO3/c23-20(15-7-2-1-3-8-15)22-18-13-19(25-21(18)24)17-11-10-14-6-4-5-9-16(14)12-17/h1-12,18-19H,13H2,(H,22,23)/t18-,19-/m0/s1. The first-order valence-electron chi connectivity index (χ1n) is 8.26. The number of ether oxygens (including phenoxy) is 1. The van der Waals surface area contributed by atoms with Crippen molar-refractivity contribution in [1.29, 1.82) is 0 Å². The van der Waals surface area contributed by atoms with Gasteiger partial charge in [0, 0.05) is 12.0 Å². The summed E-state index contributed by atoms with van der Waals surface area (Å²) in [6.07, 6.45) is 0.105. The van der Waals surface area contributed by atoms with Crippen LogP contribution in [-0.4, -0.2) is 17.9 Å². The second kappa shape index (κ2) is 6.40. The van der Waals surface area contributed by atoms with Crippen LogP contribution >= 0.6 is 0 Å². The van der Waals surface area contributed by atoms with Gasteiger partial charge in [-0.25, -0.2) is 4.79 Å². The number of esters is 1. The molecule has 2 atom stereocenters. The van der Waals surface area contributed by atoms with Gasteiger partial charge in [-0.3, -0.25) is 4.79 Å². The fourth-order valence-corrected chi connectivity index (χ4v) is 3.14. The normalized spacial score (nSPS) is 19.6. The minimum absolute atomic E-state index is 0.262. The molecule has 3 aromatic carbocycles. The maximum Gasteiger partial charge on any atom is 0.329 e. The van der Waals surface area contributed by atoms with Crippen molar-refractivity contribution in [1.82, 2.24) is 5.32 Å². The van der Waals surface area contributed by atoms with Crippen LogP contribution in [0.3, 0.4) is 0 Å². The molecule has 1 aliphatic rings. The monoisotopic (exact) mass is 331 g/mol. The van der Waals surface area contributed by atoms with Gasteiger partial charge in [-0.2, -0.15) is 0 Å². The Morgan fingerprint density at radius 2 is 1.64 bits per heavy atom. The van der Waals surface area contributed by atoms with E-state index in [1.165, 1.54) is 0 Å². The lowest BCUT2D eigenvalue weighted by Crippen LogP contribution is -2.37. The molecule has 25 heavy (non-hydrogen) atoms. The zero-order chi connectivity index (χ0) is 17.2. The average molecular weight is 331 g/mol. The number of hydrogen-bond acceptors (Lipinski definition) is 3. The molecule has 4 nitrogen and oxygen atoms in total. The molecule has 3 aromatic rings. The highest BCUT2D eigenvalue weighted by Gasteiger charge is 2.36. The number of benzene rings is 3. The van der Waals surface area contributed by atoms with Gasteiger partial charge in [0.25, 0.3) is 5.91 Å². The smallest absolute Gasteiger partial charge is 0.329 e. The zero-order valence-corrected chi connectivity index (χ0v) is 13.5. The lowest BCUT2D eigenvalue weighted by Gasteiger charge is -2.10. The molecule has 1 fully saturated rings. The first kappa shape index (κ1) is 15.4. The van der Waals surface area contributed by atoms with Crippen molar-refractivity contribution in [3.05, 3.63) is 83.9 Å². The van der Waals surface area contributed by atoms with Crippen LogP contribution in [0.15, 0.2) is 72.8 Å². The lowest BCUT2D eigenvalue weighted by molar-refractivity contribution is -0.143. The summed E-state index contributed by atoms with van der Waals surface area (Å²) < 4.78 is 5.49. The number of rotatable bonds is 3. The van der Waals surface area contributed by atoms with Crippen LogP contribution in [0.4, 0.5) is 0 Å². The first-order chi connectivity index (χ1) is 12.2. The summed E-state index contributed by atoms with van der Waals surface area (Å²) in [5.41, 5.74) is 1.48. The van der Waals surface area contributed by atoms with Gasteiger partial charge in [-0.1, -0.05) is 54.6 Å². The number of hydrogen-bond donors (Lipinski definition) is 1. The highest BCUT2D eigenvalue weighted by Crippen LogP contribution is 2.31. The predicted molar refractivity (Wildman–Crippen MR) is 95.1 cm³/mol. The van der Waals surface area contributed by atoms with Crippen molar-refractivity contribution in [3.63, 3.8) is 0 Å². The van der Waals surface area contributed by atoms with E-state index in [4.69, 9.17) is 4.74 Å². The van der Waals surface area contributed by atoms with E-state index in [-0.39, 0.29) is 18.0 Å². The van der Waals surface area contributed by atoms with Crippen molar-refractivity contribution < 1.29 is 14.3 Å². The number of carbonyl (C=O) groups excluding carboxylic acids is 2. The number of amides is 1. The van der Waals surface area contributed by atoms with Crippen LogP contribution in [0.5, 0.6) is 0 Å². The topological polar surface area (TPSA) is 55.4 Å². The fraction of sp³-hybridized carbons (Fsp3) is 0.143. The van der Waals surface area contributed by atoms with Crippen molar-refractivity contribution in [3.8, 4) is 0 Å². The molecule has 0 aliphatic carbocycles. The Kier molecular flexibility index (Phi) is 3.94. The van der Waals surface area contributed by atoms with E-state index in [9.17, 15) is 9.59 Å². The van der Waals surface area contributed by atoms with Crippen LogP contribution in [0.25, 0.3) is 10.8 Å². The van der Waals surface area contributed by atoms with Gasteiger partial charge < -0.3 is 10.1 Å². The minimum Gasteiger partial charge on any atom is -0.456 e. The fourth-order valence-electron chi connectivity index (χ4n) is 3.14. The van der Waals surface area contributed by atoms with Crippen LogP contribution in [0.2, 0.25) is 0 Å². The van der Waals surface area contributed by atoms with Crippen LogP contribution in [-0.2, 0) is 9.53 Å². The molecule has 1 heterocycles. The van der Waals surface area contributed by atoms with Crippen LogP contribution < -0.4 is 5.32 Å². The summed E-state index contributed by atoms with van der Waals surface area (Å²) in [5, 5.41) is 5.02. The number of nitrogens with one attached hydrogen (secondary N) is 1. The minimum atomic E-state index is -0.621. The van der Waals surface area contributed by atoms with Gasteiger partial charge in [0.15, 0.2) is 0 Å². The summed E-state index contributed by atoms with van der Waals surface area (Å²) in [7, 11) is 0. The van der Waals surface area contributed by atoms with Crippen LogP contribution in [0, 0.1) is 0 Å². The van der Waals surface area contributed by atoms with Gasteiger partial charge in [0.05, 0.1) is 0 Å². The Morgan fingerprint density at radius 3 is 2.44 bits per heavy atom. The van der Waals surface area contributed by atoms with Crippen molar-refractivity contribution in [2.45, 2.75) is 18.6 Å². The summed E-state index contributed by atoms with van der Waals surface area (Å²) in [4.78, 5) is 24.4. The molecule has 0 saturated carbocycles. The molecule has 0 aromatic heterocycles. The maximum atomic E-state index is 12.2. The van der Waals surface area contributed by atoms with Gasteiger partial charge in [-0.15, -0.1) is 0 Å². The Balaban J connectivity index is 1.50. The number of cyclic esters (lactones) is 1. The molecular formula is C21H17NO3. The molecule has 124 valence electrons. The Bertz CT molecular complexity index is 936. The maximum absolute atomic E-state index is 12.2. The Labute approximate surface area is 145 Å². The number of carbonyl (C=O) groups is 2. The molecule has 1 saturated heterocycles. The van der Waals surface area contributed by atoms with Gasteiger partial charge >= 0.3 is 5.97 Å². The molecule has 0 radical (unpaired) electrons. The zero-order valence-electron chi connectivity index (χ0n) is 13.5. The van der Waals surface area contributed by atoms with Gasteiger partial charge in [0.1, 0.15) is 12.1 Å². The summed E-state index contributed by atoms with van der Waals surface area (Å²) in [5.74, 6) is -0.649. The van der Waals surface area contributed by atoms with E-state index in [2.05, 4.69) is 5.32 Å². The third-order valence-electron chi connectivity index (χ3n) is 4.48. The Hall–Kier alpha value is -3.14. The molecule has 1 aliphatic heterocycles. The summed E-state index contributed by atoms with van der Waals surface area (Å²) >= 11 is 0. The van der Waals surface area contributed by atoms with E-state index in [0.717, 1.165) is 16.3 Å². The molecule has 0 unspecified atom stereocenters. The lowest BCUT2D eigenvalue weighted by atomic mass is 10.0. The predicted octanol–water partition coefficient (Wildman–Crippen LogP) is 3.63. The second-order valence-electron chi connectivity index (χ2n) is 6.16. The van der Waals surface area contributed by atoms with E-state index in [1.807, 2.05) is 48.5 Å². The third-order valence-corrected chi connectivity index (χ3v) is 4.48. The Morgan fingerprint density at radius 1 is 0.920 bits per heavy atom. The number of fused-ring (bicyclic) bond motifs is 1. The highest BCUT2D eigenvalue weighted by molar-refractivity contribution is 5.97. The van der Waals surface area contributed by atoms with Gasteiger partial charge in [0.2, 0.25) is 0 Å². The van der Waals surface area contributed by atoms with E-state index in [0.29, 0.717) is 12.0 Å². The quantitative estimate of drug-likeness (QED) is 0.746. The molecule has 4 heteroatoms. The molecular weight excluding hydrogens is 314 g/mol. The third kappa shape index (κ3) is 3.11. The van der Waals surface area contributed by atoms with E-state index >= 15 is 0 Å². The van der Waals surface area contributed by atoms with E-state index in [1.54, 1.807) is 24.3 Å². The molecule has 4 rings (SSSR count). The molecule has 1 amide bonds. The SMILES string of the molecule is O=C(N[C@H]1C[C@@H](c2ccc3ccccc3c2)OC1=O)c1ccccc1.